The van der Waals surface area contributed by atoms with Crippen LogP contribution in [-0.2, 0) is 0 Å². The van der Waals surface area contributed by atoms with E-state index < -0.39 is 0 Å². The van der Waals surface area contributed by atoms with Crippen molar-refractivity contribution >= 4 is 28.5 Å². The zero-order chi connectivity index (χ0) is 12.3. The van der Waals surface area contributed by atoms with E-state index >= 15 is 0 Å². The number of amides is 1. The lowest BCUT2D eigenvalue weighted by molar-refractivity contribution is 0.0707. The minimum Gasteiger partial charge on any atom is -0.337 e. The van der Waals surface area contributed by atoms with Crippen molar-refractivity contribution in [3.8, 4) is 0 Å². The number of halogens is 1. The standard InChI is InChI=1S/C13H17IN2O/c1-16(10-5-4-8-15-9-10)13(17)11-6-2-3-7-12(11)14/h2-3,6-7,10,15H,4-5,8-9H2,1H3/t10-/m1/s1. The Morgan fingerprint density at radius 2 is 2.24 bits per heavy atom. The zero-order valence-corrected chi connectivity index (χ0v) is 12.1. The second-order valence-corrected chi connectivity index (χ2v) is 5.56. The van der Waals surface area contributed by atoms with E-state index in [4.69, 9.17) is 0 Å². The van der Waals surface area contributed by atoms with Crippen molar-refractivity contribution in [2.24, 2.45) is 0 Å². The summed E-state index contributed by atoms with van der Waals surface area (Å²) in [5.41, 5.74) is 0.807. The number of carbonyl (C=O) groups is 1. The molecule has 0 unspecified atom stereocenters. The number of piperidine rings is 1. The Kier molecular flexibility index (Phi) is 4.39. The number of hydrogen-bond acceptors (Lipinski definition) is 2. The first-order valence-electron chi connectivity index (χ1n) is 5.92. The summed E-state index contributed by atoms with van der Waals surface area (Å²) in [5, 5.41) is 3.34. The smallest absolute Gasteiger partial charge is 0.254 e. The lowest BCUT2D eigenvalue weighted by Gasteiger charge is -2.32. The van der Waals surface area contributed by atoms with E-state index in [0.717, 1.165) is 35.1 Å². The Balaban J connectivity index is 2.11. The fourth-order valence-electron chi connectivity index (χ4n) is 2.15. The summed E-state index contributed by atoms with van der Waals surface area (Å²) in [5.74, 6) is 0.128. The van der Waals surface area contributed by atoms with Crippen molar-refractivity contribution < 1.29 is 4.79 Å². The van der Waals surface area contributed by atoms with Crippen molar-refractivity contribution in [1.82, 2.24) is 10.2 Å². The Morgan fingerprint density at radius 3 is 2.88 bits per heavy atom. The third-order valence-electron chi connectivity index (χ3n) is 3.24. The first kappa shape index (κ1) is 12.8. The maximum absolute atomic E-state index is 12.4. The molecule has 0 spiro atoms. The first-order valence-corrected chi connectivity index (χ1v) is 7.00. The third-order valence-corrected chi connectivity index (χ3v) is 4.18. The van der Waals surface area contributed by atoms with Gasteiger partial charge in [0, 0.05) is 23.2 Å². The highest BCUT2D eigenvalue weighted by Crippen LogP contribution is 2.16. The molecule has 3 nitrogen and oxygen atoms in total. The van der Waals surface area contributed by atoms with Crippen molar-refractivity contribution in [3.05, 3.63) is 33.4 Å². The average Bonchev–Trinajstić information content (AvgIpc) is 2.39. The van der Waals surface area contributed by atoms with Gasteiger partial charge < -0.3 is 10.2 Å². The first-order chi connectivity index (χ1) is 8.20. The molecule has 1 aromatic carbocycles. The molecule has 0 aromatic heterocycles. The van der Waals surface area contributed by atoms with Gasteiger partial charge in [-0.2, -0.15) is 0 Å². The fraction of sp³-hybridized carbons (Fsp3) is 0.462. The average molecular weight is 344 g/mol. The lowest BCUT2D eigenvalue weighted by atomic mass is 10.1. The van der Waals surface area contributed by atoms with Crippen LogP contribution in [0.5, 0.6) is 0 Å². The van der Waals surface area contributed by atoms with E-state index in [1.54, 1.807) is 0 Å². The summed E-state index contributed by atoms with van der Waals surface area (Å²) < 4.78 is 1.02. The minimum absolute atomic E-state index is 0.128. The molecule has 4 heteroatoms. The summed E-state index contributed by atoms with van der Waals surface area (Å²) in [4.78, 5) is 14.2. The molecule has 1 atom stereocenters. The largest absolute Gasteiger partial charge is 0.337 e. The van der Waals surface area contributed by atoms with E-state index in [-0.39, 0.29) is 5.91 Å². The molecule has 1 amide bonds. The second-order valence-electron chi connectivity index (χ2n) is 4.40. The van der Waals surface area contributed by atoms with E-state index in [0.29, 0.717) is 6.04 Å². The number of hydrogen-bond donors (Lipinski definition) is 1. The van der Waals surface area contributed by atoms with Crippen molar-refractivity contribution in [3.63, 3.8) is 0 Å². The van der Waals surface area contributed by atoms with Crippen LogP contribution < -0.4 is 5.32 Å². The second kappa shape index (κ2) is 5.82. The van der Waals surface area contributed by atoms with Gasteiger partial charge in [0.1, 0.15) is 0 Å². The number of carbonyl (C=O) groups excluding carboxylic acids is 1. The topological polar surface area (TPSA) is 32.3 Å². The van der Waals surface area contributed by atoms with Crippen LogP contribution >= 0.6 is 22.6 Å². The van der Waals surface area contributed by atoms with E-state index in [9.17, 15) is 4.79 Å². The molecule has 1 N–H and O–H groups in total. The fourth-order valence-corrected chi connectivity index (χ4v) is 2.77. The number of likely N-dealkylation sites (N-methyl/N-ethyl adjacent to an activating group) is 1. The van der Waals surface area contributed by atoms with Crippen LogP contribution in [0, 0.1) is 3.57 Å². The van der Waals surface area contributed by atoms with Crippen molar-refractivity contribution in [2.75, 3.05) is 20.1 Å². The van der Waals surface area contributed by atoms with Gasteiger partial charge in [0.05, 0.1) is 5.56 Å². The van der Waals surface area contributed by atoms with Gasteiger partial charge in [-0.15, -0.1) is 0 Å². The maximum atomic E-state index is 12.4. The lowest BCUT2D eigenvalue weighted by Crippen LogP contribution is -2.46. The van der Waals surface area contributed by atoms with Gasteiger partial charge >= 0.3 is 0 Å². The van der Waals surface area contributed by atoms with Crippen LogP contribution in [0.3, 0.4) is 0 Å². The van der Waals surface area contributed by atoms with Crippen LogP contribution in [-0.4, -0.2) is 37.0 Å². The van der Waals surface area contributed by atoms with Crippen LogP contribution in [0.15, 0.2) is 24.3 Å². The van der Waals surface area contributed by atoms with E-state index in [1.807, 2.05) is 36.2 Å². The van der Waals surface area contributed by atoms with Gasteiger partial charge in [-0.25, -0.2) is 0 Å². The van der Waals surface area contributed by atoms with Gasteiger partial charge in [-0.3, -0.25) is 4.79 Å². The molecule has 0 saturated carbocycles. The number of nitrogens with one attached hydrogen (secondary N) is 1. The molecule has 92 valence electrons. The summed E-state index contributed by atoms with van der Waals surface area (Å²) in [6, 6.07) is 8.08. The molecule has 1 aliphatic heterocycles. The highest BCUT2D eigenvalue weighted by atomic mass is 127. The molecule has 1 saturated heterocycles. The van der Waals surface area contributed by atoms with E-state index in [1.165, 1.54) is 0 Å². The summed E-state index contributed by atoms with van der Waals surface area (Å²) in [6.07, 6.45) is 2.24. The van der Waals surface area contributed by atoms with Crippen LogP contribution in [0.2, 0.25) is 0 Å². The number of rotatable bonds is 2. The molecule has 0 bridgehead atoms. The predicted molar refractivity (Wildman–Crippen MR) is 77.1 cm³/mol. The van der Waals surface area contributed by atoms with Crippen LogP contribution in [0.4, 0.5) is 0 Å². The molecule has 2 rings (SSSR count). The number of nitrogens with zero attached hydrogens (tertiary/aromatic N) is 1. The molecule has 0 aliphatic carbocycles. The van der Waals surface area contributed by atoms with Crippen molar-refractivity contribution in [2.45, 2.75) is 18.9 Å². The van der Waals surface area contributed by atoms with Gasteiger partial charge in [-0.05, 0) is 54.1 Å². The Labute approximate surface area is 116 Å². The molecule has 1 heterocycles. The highest BCUT2D eigenvalue weighted by molar-refractivity contribution is 14.1. The molecule has 0 radical (unpaired) electrons. The van der Waals surface area contributed by atoms with Crippen molar-refractivity contribution in [1.29, 1.82) is 0 Å². The van der Waals surface area contributed by atoms with Gasteiger partial charge in [0.15, 0.2) is 0 Å². The summed E-state index contributed by atoms with van der Waals surface area (Å²) >= 11 is 2.22. The predicted octanol–water partition coefficient (Wildman–Crippen LogP) is 2.12. The summed E-state index contributed by atoms with van der Waals surface area (Å²) in [6.45, 7) is 1.98. The number of benzene rings is 1. The van der Waals surface area contributed by atoms with Crippen LogP contribution in [0.25, 0.3) is 0 Å². The quantitative estimate of drug-likeness (QED) is 0.834. The minimum atomic E-state index is 0.128. The normalized spacial score (nSPS) is 20.0. The highest BCUT2D eigenvalue weighted by Gasteiger charge is 2.23. The van der Waals surface area contributed by atoms with Crippen LogP contribution in [0.1, 0.15) is 23.2 Å². The molecule has 1 fully saturated rings. The van der Waals surface area contributed by atoms with Gasteiger partial charge in [0.25, 0.3) is 5.91 Å². The molecular weight excluding hydrogens is 327 g/mol. The zero-order valence-electron chi connectivity index (χ0n) is 9.95. The Hall–Kier alpha value is -0.620. The Morgan fingerprint density at radius 1 is 1.47 bits per heavy atom. The monoisotopic (exact) mass is 344 g/mol. The summed E-state index contributed by atoms with van der Waals surface area (Å²) in [7, 11) is 1.91. The van der Waals surface area contributed by atoms with E-state index in [2.05, 4.69) is 27.9 Å². The molecule has 1 aromatic rings. The van der Waals surface area contributed by atoms with Gasteiger partial charge in [0.2, 0.25) is 0 Å². The Bertz CT molecular complexity index is 402. The third kappa shape index (κ3) is 2.98. The van der Waals surface area contributed by atoms with Gasteiger partial charge in [-0.1, -0.05) is 12.1 Å². The maximum Gasteiger partial charge on any atom is 0.254 e. The molecule has 17 heavy (non-hydrogen) atoms. The molecular formula is C13H17IN2O. The SMILES string of the molecule is CN(C(=O)c1ccccc1I)[C@@H]1CCCNC1. The molecule has 1 aliphatic rings.